The van der Waals surface area contributed by atoms with Gasteiger partial charge < -0.3 is 0 Å². The first-order valence-corrected chi connectivity index (χ1v) is 9.42. The minimum absolute atomic E-state index is 0.0831. The molecule has 0 fully saturated rings. The number of nitrogens with zero attached hydrogens (tertiary/aromatic N) is 4. The monoisotopic (exact) mass is 454 g/mol. The molecule has 0 saturated carbocycles. The molecule has 118 valence electrons. The Hall–Kier alpha value is -1.38. The van der Waals surface area contributed by atoms with Crippen LogP contribution in [0.25, 0.3) is 5.52 Å². The molecule has 8 heteroatoms. The molecule has 0 spiro atoms. The van der Waals surface area contributed by atoms with Gasteiger partial charge in [-0.05, 0) is 56.1 Å². The summed E-state index contributed by atoms with van der Waals surface area (Å²) >= 11 is 8.66. The summed E-state index contributed by atoms with van der Waals surface area (Å²) in [7, 11) is 1.92. The molecular formula is C15H12Br2N4OS. The Balaban J connectivity index is 1.68. The maximum absolute atomic E-state index is 12.9. The van der Waals surface area contributed by atoms with E-state index in [2.05, 4.69) is 43.0 Å². The van der Waals surface area contributed by atoms with Crippen LogP contribution in [0.5, 0.6) is 0 Å². The quantitative estimate of drug-likeness (QED) is 0.557. The summed E-state index contributed by atoms with van der Waals surface area (Å²) in [4.78, 5) is 14.2. The Kier molecular flexibility index (Phi) is 3.70. The van der Waals surface area contributed by atoms with Gasteiger partial charge in [0.1, 0.15) is 0 Å². The second-order valence-electron chi connectivity index (χ2n) is 5.31. The lowest BCUT2D eigenvalue weighted by Gasteiger charge is -2.36. The number of aromatic nitrogens is 2. The van der Waals surface area contributed by atoms with E-state index in [1.807, 2.05) is 36.5 Å². The summed E-state index contributed by atoms with van der Waals surface area (Å²) in [6, 6.07) is 7.75. The Morgan fingerprint density at radius 3 is 2.96 bits per heavy atom. The third kappa shape index (κ3) is 2.58. The van der Waals surface area contributed by atoms with Gasteiger partial charge in [0.15, 0.2) is 5.69 Å². The van der Waals surface area contributed by atoms with Gasteiger partial charge in [0.2, 0.25) is 0 Å². The number of hydrogen-bond donors (Lipinski definition) is 0. The molecule has 1 aliphatic rings. The van der Waals surface area contributed by atoms with Crippen molar-refractivity contribution in [2.45, 2.75) is 6.42 Å². The van der Waals surface area contributed by atoms with E-state index in [9.17, 15) is 4.79 Å². The van der Waals surface area contributed by atoms with Gasteiger partial charge in [0.25, 0.3) is 5.91 Å². The fourth-order valence-electron chi connectivity index (χ4n) is 2.76. The Morgan fingerprint density at radius 2 is 2.13 bits per heavy atom. The van der Waals surface area contributed by atoms with Crippen molar-refractivity contribution >= 4 is 60.3 Å². The maximum Gasteiger partial charge on any atom is 0.292 e. The maximum atomic E-state index is 12.9. The number of carbonyl (C=O) groups is 1. The van der Waals surface area contributed by atoms with E-state index >= 15 is 0 Å². The van der Waals surface area contributed by atoms with Crippen LogP contribution in [0.15, 0.2) is 38.7 Å². The van der Waals surface area contributed by atoms with Crippen LogP contribution in [0.3, 0.4) is 0 Å². The third-order valence-corrected chi connectivity index (χ3v) is 6.05. The Labute approximate surface area is 153 Å². The van der Waals surface area contributed by atoms with E-state index in [1.54, 1.807) is 20.9 Å². The van der Waals surface area contributed by atoms with Crippen LogP contribution in [0, 0.1) is 0 Å². The lowest BCUT2D eigenvalue weighted by molar-refractivity contribution is 0.0733. The number of rotatable bonds is 1. The van der Waals surface area contributed by atoms with Crippen molar-refractivity contribution in [3.05, 3.63) is 49.3 Å². The van der Waals surface area contributed by atoms with Gasteiger partial charge in [-0.25, -0.2) is 9.52 Å². The fraction of sp³-hybridized carbons (Fsp3) is 0.200. The summed E-state index contributed by atoms with van der Waals surface area (Å²) in [6.45, 7) is 0.660. The van der Waals surface area contributed by atoms with Gasteiger partial charge in [-0.1, -0.05) is 0 Å². The summed E-state index contributed by atoms with van der Waals surface area (Å²) in [5.41, 5.74) is 2.43. The van der Waals surface area contributed by atoms with E-state index in [0.717, 1.165) is 25.9 Å². The molecular weight excluding hydrogens is 444 g/mol. The van der Waals surface area contributed by atoms with Gasteiger partial charge in [0.05, 0.1) is 15.0 Å². The lowest BCUT2D eigenvalue weighted by Crippen LogP contribution is -2.48. The minimum Gasteiger partial charge on any atom is -0.285 e. The number of halogens is 2. The number of fused-ring (bicyclic) bond motifs is 2. The molecule has 4 rings (SSSR count). The molecule has 0 aromatic carbocycles. The van der Waals surface area contributed by atoms with Crippen molar-refractivity contribution in [3.63, 3.8) is 0 Å². The molecule has 23 heavy (non-hydrogen) atoms. The molecule has 0 atom stereocenters. The summed E-state index contributed by atoms with van der Waals surface area (Å²) in [5, 5.41) is 8.07. The van der Waals surface area contributed by atoms with Crippen LogP contribution in [-0.4, -0.2) is 34.1 Å². The number of hydrogen-bond acceptors (Lipinski definition) is 4. The van der Waals surface area contributed by atoms with E-state index < -0.39 is 0 Å². The van der Waals surface area contributed by atoms with Gasteiger partial charge in [-0.3, -0.25) is 9.80 Å². The van der Waals surface area contributed by atoms with Crippen molar-refractivity contribution < 1.29 is 4.79 Å². The Bertz CT molecular complexity index is 919. The van der Waals surface area contributed by atoms with Gasteiger partial charge >= 0.3 is 0 Å². The summed E-state index contributed by atoms with van der Waals surface area (Å²) in [5.74, 6) is -0.0831. The largest absolute Gasteiger partial charge is 0.292 e. The first-order valence-electron chi connectivity index (χ1n) is 7.01. The SMILES string of the molecule is CN1c2cc(Br)sc2CCN1C(=O)c1cc2ccc(Br)cn2n1. The molecule has 0 bridgehead atoms. The molecule has 3 aromatic rings. The van der Waals surface area contributed by atoms with E-state index in [4.69, 9.17) is 0 Å². The second-order valence-corrected chi connectivity index (χ2v) is 8.74. The second kappa shape index (κ2) is 5.61. The number of amides is 1. The van der Waals surface area contributed by atoms with Crippen molar-refractivity contribution in [1.82, 2.24) is 14.6 Å². The highest BCUT2D eigenvalue weighted by atomic mass is 79.9. The third-order valence-electron chi connectivity index (χ3n) is 3.90. The molecule has 5 nitrogen and oxygen atoms in total. The lowest BCUT2D eigenvalue weighted by atomic mass is 10.2. The Morgan fingerprint density at radius 1 is 1.30 bits per heavy atom. The topological polar surface area (TPSA) is 40.9 Å². The molecule has 0 unspecified atom stereocenters. The highest BCUT2D eigenvalue weighted by molar-refractivity contribution is 9.11. The average molecular weight is 456 g/mol. The van der Waals surface area contributed by atoms with Crippen LogP contribution >= 0.6 is 43.2 Å². The molecule has 1 aliphatic heterocycles. The van der Waals surface area contributed by atoms with Crippen LogP contribution in [0.1, 0.15) is 15.4 Å². The standard InChI is InChI=1S/C15H12Br2N4OS/c1-19-12-7-14(17)23-13(12)4-5-21(19)15(22)11-6-10-3-2-9(16)8-20(10)18-11/h2-3,6-8H,4-5H2,1H3. The van der Waals surface area contributed by atoms with Gasteiger partial charge in [-0.15, -0.1) is 11.3 Å². The van der Waals surface area contributed by atoms with Crippen molar-refractivity contribution in [2.75, 3.05) is 18.6 Å². The number of hydrazine groups is 1. The molecule has 0 radical (unpaired) electrons. The van der Waals surface area contributed by atoms with Crippen LogP contribution in [-0.2, 0) is 6.42 Å². The van der Waals surface area contributed by atoms with Gasteiger partial charge in [-0.2, -0.15) is 5.10 Å². The van der Waals surface area contributed by atoms with Crippen LogP contribution in [0.2, 0.25) is 0 Å². The number of thiophene rings is 1. The van der Waals surface area contributed by atoms with Crippen molar-refractivity contribution in [1.29, 1.82) is 0 Å². The summed E-state index contributed by atoms with van der Waals surface area (Å²) < 4.78 is 3.73. The molecule has 1 amide bonds. The van der Waals surface area contributed by atoms with Crippen LogP contribution in [0.4, 0.5) is 5.69 Å². The zero-order valence-corrected chi connectivity index (χ0v) is 16.2. The number of anilines is 1. The predicted octanol–water partition coefficient (Wildman–Crippen LogP) is 3.97. The van der Waals surface area contributed by atoms with Crippen LogP contribution < -0.4 is 5.01 Å². The average Bonchev–Trinajstić information content (AvgIpc) is 3.09. The highest BCUT2D eigenvalue weighted by Gasteiger charge is 2.29. The smallest absolute Gasteiger partial charge is 0.285 e. The first kappa shape index (κ1) is 15.2. The zero-order chi connectivity index (χ0) is 16.1. The van der Waals surface area contributed by atoms with Crippen molar-refractivity contribution in [2.24, 2.45) is 0 Å². The molecule has 0 aliphatic carbocycles. The molecule has 3 aromatic heterocycles. The summed E-state index contributed by atoms with van der Waals surface area (Å²) in [6.07, 6.45) is 2.71. The normalized spacial score (nSPS) is 14.4. The minimum atomic E-state index is -0.0831. The highest BCUT2D eigenvalue weighted by Crippen LogP contribution is 2.37. The molecule has 0 N–H and O–H groups in total. The molecule has 0 saturated heterocycles. The predicted molar refractivity (Wildman–Crippen MR) is 98.1 cm³/mol. The van der Waals surface area contributed by atoms with Crippen molar-refractivity contribution in [3.8, 4) is 0 Å². The van der Waals surface area contributed by atoms with E-state index in [1.165, 1.54) is 4.88 Å². The van der Waals surface area contributed by atoms with Gasteiger partial charge in [0, 0.05) is 35.6 Å². The zero-order valence-electron chi connectivity index (χ0n) is 12.2. The fourth-order valence-corrected chi connectivity index (χ4v) is 4.79. The van der Waals surface area contributed by atoms with E-state index in [-0.39, 0.29) is 5.91 Å². The molecule has 4 heterocycles. The number of carbonyl (C=O) groups excluding carboxylic acids is 1. The van der Waals surface area contributed by atoms with E-state index in [0.29, 0.717) is 12.2 Å². The first-order chi connectivity index (χ1) is 11.0. The number of pyridine rings is 1.